The summed E-state index contributed by atoms with van der Waals surface area (Å²) in [4.78, 5) is 24.4. The van der Waals surface area contributed by atoms with Crippen LogP contribution in [0.25, 0.3) is 0 Å². The molecule has 2 rings (SSSR count). The van der Waals surface area contributed by atoms with Gasteiger partial charge in [-0.25, -0.2) is 4.79 Å². The van der Waals surface area contributed by atoms with Crippen LogP contribution in [0.5, 0.6) is 0 Å². The Hall–Kier alpha value is -2.04. The lowest BCUT2D eigenvalue weighted by atomic mass is 10.2. The number of aliphatic carboxylic acids is 1. The molecule has 1 amide bonds. The highest BCUT2D eigenvalue weighted by Crippen LogP contribution is 2.30. The van der Waals surface area contributed by atoms with Crippen molar-refractivity contribution in [2.24, 2.45) is 5.92 Å². The fourth-order valence-corrected chi connectivity index (χ4v) is 2.26. The second-order valence-corrected chi connectivity index (χ2v) is 5.78. The average Bonchev–Trinajstić information content (AvgIpc) is 3.33. The lowest BCUT2D eigenvalue weighted by Gasteiger charge is -2.22. The molecule has 22 heavy (non-hydrogen) atoms. The predicted molar refractivity (Wildman–Crippen MR) is 82.4 cm³/mol. The van der Waals surface area contributed by atoms with E-state index in [2.05, 4.69) is 0 Å². The van der Waals surface area contributed by atoms with Crippen molar-refractivity contribution in [3.05, 3.63) is 35.9 Å². The molecule has 1 aromatic rings. The van der Waals surface area contributed by atoms with E-state index in [9.17, 15) is 9.59 Å². The van der Waals surface area contributed by atoms with Gasteiger partial charge in [0, 0.05) is 19.5 Å². The predicted octanol–water partition coefficient (Wildman–Crippen LogP) is 3.29. The molecular weight excluding hydrogens is 282 g/mol. The lowest BCUT2D eigenvalue weighted by molar-refractivity contribution is -0.137. The van der Waals surface area contributed by atoms with Gasteiger partial charge in [-0.1, -0.05) is 30.3 Å². The van der Waals surface area contributed by atoms with Gasteiger partial charge in [0.15, 0.2) is 0 Å². The molecule has 0 saturated heterocycles. The largest absolute Gasteiger partial charge is 0.481 e. The van der Waals surface area contributed by atoms with E-state index in [0.717, 1.165) is 24.9 Å². The van der Waals surface area contributed by atoms with Crippen LogP contribution >= 0.6 is 0 Å². The zero-order chi connectivity index (χ0) is 15.8. The minimum atomic E-state index is -0.791. The standard InChI is InChI=1S/C17H23NO4/c19-16(20)8-4-5-11-18(12-14-9-10-14)17(21)22-13-15-6-2-1-3-7-15/h1-3,6-7,14H,4-5,8-13H2,(H,19,20). The molecule has 1 saturated carbocycles. The van der Waals surface area contributed by atoms with Gasteiger partial charge in [-0.3, -0.25) is 4.79 Å². The molecule has 1 aliphatic rings. The first-order chi connectivity index (χ1) is 10.6. The SMILES string of the molecule is O=C(O)CCCCN(CC1CC1)C(=O)OCc1ccccc1. The van der Waals surface area contributed by atoms with E-state index in [1.807, 2.05) is 30.3 Å². The maximum Gasteiger partial charge on any atom is 0.410 e. The number of hydrogen-bond donors (Lipinski definition) is 1. The molecule has 5 nitrogen and oxygen atoms in total. The van der Waals surface area contributed by atoms with Gasteiger partial charge in [0.2, 0.25) is 0 Å². The molecule has 0 bridgehead atoms. The topological polar surface area (TPSA) is 66.8 Å². The number of benzene rings is 1. The molecule has 0 atom stereocenters. The number of carboxylic acids is 1. The van der Waals surface area contributed by atoms with Crippen molar-refractivity contribution in [1.82, 2.24) is 4.90 Å². The van der Waals surface area contributed by atoms with Gasteiger partial charge in [-0.2, -0.15) is 0 Å². The first-order valence-electron chi connectivity index (χ1n) is 7.82. The van der Waals surface area contributed by atoms with Crippen molar-refractivity contribution < 1.29 is 19.4 Å². The molecule has 0 aromatic heterocycles. The molecule has 5 heteroatoms. The van der Waals surface area contributed by atoms with Crippen LogP contribution in [0.15, 0.2) is 30.3 Å². The maximum atomic E-state index is 12.2. The van der Waals surface area contributed by atoms with Crippen molar-refractivity contribution in [1.29, 1.82) is 0 Å². The highest BCUT2D eigenvalue weighted by Gasteiger charge is 2.27. The number of ether oxygens (including phenoxy) is 1. The number of rotatable bonds is 9. The third-order valence-electron chi connectivity index (χ3n) is 3.71. The Morgan fingerprint density at radius 3 is 2.55 bits per heavy atom. The number of carboxylic acid groups (broad SMARTS) is 1. The van der Waals surface area contributed by atoms with E-state index in [0.29, 0.717) is 25.3 Å². The Bertz CT molecular complexity index is 485. The average molecular weight is 305 g/mol. The van der Waals surface area contributed by atoms with Gasteiger partial charge >= 0.3 is 12.1 Å². The molecule has 1 fully saturated rings. The zero-order valence-electron chi connectivity index (χ0n) is 12.7. The lowest BCUT2D eigenvalue weighted by Crippen LogP contribution is -2.34. The molecule has 120 valence electrons. The number of amides is 1. The first-order valence-corrected chi connectivity index (χ1v) is 7.82. The van der Waals surface area contributed by atoms with Gasteiger partial charge in [0.1, 0.15) is 6.61 Å². The summed E-state index contributed by atoms with van der Waals surface area (Å²) in [5, 5.41) is 8.65. The molecular formula is C17H23NO4. The summed E-state index contributed by atoms with van der Waals surface area (Å²) in [7, 11) is 0. The Morgan fingerprint density at radius 1 is 1.18 bits per heavy atom. The Labute approximate surface area is 130 Å². The first kappa shape index (κ1) is 16.3. The second-order valence-electron chi connectivity index (χ2n) is 5.78. The van der Waals surface area contributed by atoms with Crippen molar-refractivity contribution in [3.8, 4) is 0 Å². The van der Waals surface area contributed by atoms with Gasteiger partial charge in [-0.05, 0) is 37.2 Å². The Kier molecular flexibility index (Phi) is 6.25. The number of hydrogen-bond acceptors (Lipinski definition) is 3. The molecule has 1 aromatic carbocycles. The number of unbranched alkanes of at least 4 members (excludes halogenated alkanes) is 1. The third kappa shape index (κ3) is 6.16. The Balaban J connectivity index is 1.76. The smallest absolute Gasteiger partial charge is 0.410 e. The van der Waals surface area contributed by atoms with Gasteiger partial charge in [0.25, 0.3) is 0 Å². The van der Waals surface area contributed by atoms with Crippen LogP contribution in [-0.4, -0.2) is 35.2 Å². The molecule has 0 aliphatic heterocycles. The van der Waals surface area contributed by atoms with Crippen LogP contribution < -0.4 is 0 Å². The van der Waals surface area contributed by atoms with E-state index >= 15 is 0 Å². The third-order valence-corrected chi connectivity index (χ3v) is 3.71. The summed E-state index contributed by atoms with van der Waals surface area (Å²) in [6.45, 7) is 1.56. The van der Waals surface area contributed by atoms with E-state index < -0.39 is 5.97 Å². The van der Waals surface area contributed by atoms with Crippen LogP contribution in [-0.2, 0) is 16.1 Å². The number of carbonyl (C=O) groups is 2. The minimum Gasteiger partial charge on any atom is -0.481 e. The number of carbonyl (C=O) groups excluding carboxylic acids is 1. The summed E-state index contributed by atoms with van der Waals surface area (Å²) < 4.78 is 5.37. The summed E-state index contributed by atoms with van der Waals surface area (Å²) >= 11 is 0. The molecule has 0 spiro atoms. The van der Waals surface area contributed by atoms with Crippen LogP contribution in [0.3, 0.4) is 0 Å². The van der Waals surface area contributed by atoms with Gasteiger partial charge in [0.05, 0.1) is 0 Å². The monoisotopic (exact) mass is 305 g/mol. The zero-order valence-corrected chi connectivity index (χ0v) is 12.7. The molecule has 0 unspecified atom stereocenters. The summed E-state index contributed by atoms with van der Waals surface area (Å²) in [5.41, 5.74) is 0.966. The fraction of sp³-hybridized carbons (Fsp3) is 0.529. The van der Waals surface area contributed by atoms with Crippen molar-refractivity contribution >= 4 is 12.1 Å². The van der Waals surface area contributed by atoms with Gasteiger partial charge < -0.3 is 14.7 Å². The van der Waals surface area contributed by atoms with E-state index in [4.69, 9.17) is 9.84 Å². The van der Waals surface area contributed by atoms with Crippen LogP contribution in [0.2, 0.25) is 0 Å². The Morgan fingerprint density at radius 2 is 1.91 bits per heavy atom. The van der Waals surface area contributed by atoms with Crippen LogP contribution in [0.1, 0.15) is 37.7 Å². The molecule has 1 N–H and O–H groups in total. The van der Waals surface area contributed by atoms with E-state index in [1.54, 1.807) is 4.90 Å². The highest BCUT2D eigenvalue weighted by atomic mass is 16.6. The summed E-state index contributed by atoms with van der Waals surface area (Å²) in [6.07, 6.45) is 3.46. The van der Waals surface area contributed by atoms with Gasteiger partial charge in [-0.15, -0.1) is 0 Å². The minimum absolute atomic E-state index is 0.149. The summed E-state index contributed by atoms with van der Waals surface area (Å²) in [5.74, 6) is -0.204. The number of nitrogens with zero attached hydrogens (tertiary/aromatic N) is 1. The van der Waals surface area contributed by atoms with Crippen molar-refractivity contribution in [2.45, 2.75) is 38.7 Å². The normalized spacial score (nSPS) is 13.6. The van der Waals surface area contributed by atoms with Crippen molar-refractivity contribution in [2.75, 3.05) is 13.1 Å². The van der Waals surface area contributed by atoms with Crippen molar-refractivity contribution in [3.63, 3.8) is 0 Å². The van der Waals surface area contributed by atoms with E-state index in [-0.39, 0.29) is 19.1 Å². The molecule has 0 radical (unpaired) electrons. The fourth-order valence-electron chi connectivity index (χ4n) is 2.26. The molecule has 0 heterocycles. The maximum absolute atomic E-state index is 12.2. The van der Waals surface area contributed by atoms with E-state index in [1.165, 1.54) is 0 Å². The van der Waals surface area contributed by atoms with Crippen LogP contribution in [0.4, 0.5) is 4.79 Å². The molecule has 1 aliphatic carbocycles. The second kappa shape index (κ2) is 8.41. The summed E-state index contributed by atoms with van der Waals surface area (Å²) in [6, 6.07) is 9.60. The quantitative estimate of drug-likeness (QED) is 0.711. The van der Waals surface area contributed by atoms with Crippen LogP contribution in [0, 0.1) is 5.92 Å². The highest BCUT2D eigenvalue weighted by molar-refractivity contribution is 5.68.